The van der Waals surface area contributed by atoms with E-state index in [1.54, 1.807) is 0 Å². The number of anilines is 1. The predicted octanol–water partition coefficient (Wildman–Crippen LogP) is 5.58. The minimum atomic E-state index is -4.16. The lowest BCUT2D eigenvalue weighted by molar-refractivity contribution is 0.0691. The minimum absolute atomic E-state index is 0.119. The molecular weight excluding hydrogens is 479 g/mol. The highest BCUT2D eigenvalue weighted by Gasteiger charge is 2.23. The van der Waals surface area contributed by atoms with Crippen LogP contribution in [0.4, 0.5) is 10.1 Å². The van der Waals surface area contributed by atoms with Crippen LogP contribution in [0.2, 0.25) is 0 Å². The molecule has 0 atom stereocenters. The maximum Gasteiger partial charge on any atom is 0.338 e. The van der Waals surface area contributed by atoms with Crippen LogP contribution in [-0.2, 0) is 16.4 Å². The fourth-order valence-corrected chi connectivity index (χ4v) is 6.35. The highest BCUT2D eigenvalue weighted by atomic mass is 32.2. The van der Waals surface area contributed by atoms with E-state index < -0.39 is 27.4 Å². The lowest BCUT2D eigenvalue weighted by atomic mass is 9.85. The monoisotopic (exact) mass is 504 g/mol. The number of methoxy groups -OCH3 is 1. The standard InChI is InChI=1S/C24H25FN2O5S2/c1-32-21-12-18(24(28)29)19(25)13-20(21)27-34(30,31)22-14-33-23(26-22)17-9-7-16(8-10-17)11-15-5-3-2-4-6-15/h7-10,12-15,27H,2-6,11H2,1H3,(H,28,29). The molecule has 1 saturated carbocycles. The molecule has 0 aliphatic heterocycles. The average Bonchev–Trinajstić information content (AvgIpc) is 3.31. The predicted molar refractivity (Wildman–Crippen MR) is 129 cm³/mol. The molecule has 1 aliphatic carbocycles. The number of carbonyl (C=O) groups is 1. The summed E-state index contributed by atoms with van der Waals surface area (Å²) in [5.74, 6) is -1.96. The second-order valence-electron chi connectivity index (χ2n) is 8.34. The van der Waals surface area contributed by atoms with Crippen LogP contribution in [0.25, 0.3) is 10.6 Å². The van der Waals surface area contributed by atoms with Crippen LogP contribution in [0.5, 0.6) is 5.75 Å². The van der Waals surface area contributed by atoms with E-state index in [-0.39, 0.29) is 16.5 Å². The van der Waals surface area contributed by atoms with E-state index >= 15 is 0 Å². The Balaban J connectivity index is 1.51. The number of carboxylic acids is 1. The maximum atomic E-state index is 14.1. The van der Waals surface area contributed by atoms with Gasteiger partial charge in [0.1, 0.15) is 16.6 Å². The van der Waals surface area contributed by atoms with Gasteiger partial charge in [-0.3, -0.25) is 4.72 Å². The molecule has 0 saturated heterocycles. The second kappa shape index (κ2) is 10.1. The summed E-state index contributed by atoms with van der Waals surface area (Å²) in [5.41, 5.74) is 1.24. The zero-order chi connectivity index (χ0) is 24.3. The number of halogens is 1. The van der Waals surface area contributed by atoms with Crippen LogP contribution >= 0.6 is 11.3 Å². The first-order valence-corrected chi connectivity index (χ1v) is 13.3. The van der Waals surface area contributed by atoms with E-state index in [2.05, 4.69) is 21.8 Å². The number of sulfonamides is 1. The number of ether oxygens (including phenoxy) is 1. The van der Waals surface area contributed by atoms with E-state index in [0.717, 1.165) is 30.0 Å². The molecule has 1 aromatic heterocycles. The van der Waals surface area contributed by atoms with Gasteiger partial charge < -0.3 is 9.84 Å². The van der Waals surface area contributed by atoms with Crippen LogP contribution in [-0.4, -0.2) is 31.6 Å². The molecule has 10 heteroatoms. The fraction of sp³-hybridized carbons (Fsp3) is 0.333. The molecule has 1 heterocycles. The number of rotatable bonds is 8. The molecule has 0 radical (unpaired) electrons. The highest BCUT2D eigenvalue weighted by molar-refractivity contribution is 7.92. The van der Waals surface area contributed by atoms with Crippen LogP contribution in [0, 0.1) is 11.7 Å². The van der Waals surface area contributed by atoms with E-state index in [0.29, 0.717) is 5.01 Å². The van der Waals surface area contributed by atoms with Gasteiger partial charge in [0.2, 0.25) is 0 Å². The van der Waals surface area contributed by atoms with Gasteiger partial charge in [0.05, 0.1) is 18.4 Å². The van der Waals surface area contributed by atoms with E-state index in [9.17, 15) is 17.6 Å². The van der Waals surface area contributed by atoms with Crippen molar-refractivity contribution in [3.8, 4) is 16.3 Å². The summed E-state index contributed by atoms with van der Waals surface area (Å²) in [6.45, 7) is 0. The number of nitrogens with zero attached hydrogens (tertiary/aromatic N) is 1. The first-order chi connectivity index (χ1) is 16.3. The van der Waals surface area contributed by atoms with Crippen LogP contribution in [0.15, 0.2) is 46.8 Å². The van der Waals surface area contributed by atoms with Gasteiger partial charge >= 0.3 is 5.97 Å². The molecule has 0 amide bonds. The van der Waals surface area contributed by atoms with Crippen LogP contribution in [0.3, 0.4) is 0 Å². The van der Waals surface area contributed by atoms with Gasteiger partial charge in [0, 0.05) is 17.0 Å². The van der Waals surface area contributed by atoms with E-state index in [1.165, 1.54) is 61.5 Å². The first kappa shape index (κ1) is 24.2. The smallest absolute Gasteiger partial charge is 0.338 e. The molecule has 0 spiro atoms. The van der Waals surface area contributed by atoms with Crippen molar-refractivity contribution in [3.05, 3.63) is 58.7 Å². The summed E-state index contributed by atoms with van der Waals surface area (Å²) < 4.78 is 47.1. The molecule has 0 bridgehead atoms. The lowest BCUT2D eigenvalue weighted by Crippen LogP contribution is -2.15. The van der Waals surface area contributed by atoms with Crippen molar-refractivity contribution >= 4 is 33.0 Å². The van der Waals surface area contributed by atoms with Gasteiger partial charge in [-0.2, -0.15) is 8.42 Å². The Morgan fingerprint density at radius 2 is 1.91 bits per heavy atom. The lowest BCUT2D eigenvalue weighted by Gasteiger charge is -2.21. The van der Waals surface area contributed by atoms with Crippen LogP contribution < -0.4 is 9.46 Å². The molecule has 2 N–H and O–H groups in total. The summed E-state index contributed by atoms with van der Waals surface area (Å²) in [4.78, 5) is 15.4. The molecule has 3 aromatic rings. The summed E-state index contributed by atoms with van der Waals surface area (Å²) in [7, 11) is -2.92. The Labute approximate surface area is 201 Å². The number of hydrogen-bond acceptors (Lipinski definition) is 6. The van der Waals surface area contributed by atoms with Crippen molar-refractivity contribution in [3.63, 3.8) is 0 Å². The zero-order valence-electron chi connectivity index (χ0n) is 18.6. The Kier molecular flexibility index (Phi) is 7.18. The van der Waals surface area contributed by atoms with Gasteiger partial charge in [-0.25, -0.2) is 14.2 Å². The summed E-state index contributed by atoms with van der Waals surface area (Å²) in [5, 5.41) is 10.8. The fourth-order valence-electron chi connectivity index (χ4n) is 4.19. The van der Waals surface area contributed by atoms with Crippen molar-refractivity contribution in [2.24, 2.45) is 5.92 Å². The topological polar surface area (TPSA) is 106 Å². The summed E-state index contributed by atoms with van der Waals surface area (Å²) in [6.07, 6.45) is 7.53. The van der Waals surface area contributed by atoms with Gasteiger partial charge in [-0.05, 0) is 24.0 Å². The second-order valence-corrected chi connectivity index (χ2v) is 10.8. The van der Waals surface area contributed by atoms with Gasteiger partial charge in [0.25, 0.3) is 10.0 Å². The largest absolute Gasteiger partial charge is 0.495 e. The number of carboxylic acid groups (broad SMARTS) is 1. The van der Waals surface area contributed by atoms with Crippen molar-refractivity contribution < 1.29 is 27.4 Å². The molecule has 180 valence electrons. The van der Waals surface area contributed by atoms with Crippen LogP contribution in [0.1, 0.15) is 48.0 Å². The van der Waals surface area contributed by atoms with Gasteiger partial charge in [-0.15, -0.1) is 11.3 Å². The number of benzene rings is 2. The third-order valence-electron chi connectivity index (χ3n) is 5.97. The Bertz CT molecular complexity index is 1280. The number of nitrogens with one attached hydrogen (secondary N) is 1. The quantitative estimate of drug-likeness (QED) is 0.415. The van der Waals surface area contributed by atoms with Crippen molar-refractivity contribution in [1.82, 2.24) is 4.98 Å². The number of aromatic carboxylic acids is 1. The third kappa shape index (κ3) is 5.39. The number of thiazole rings is 1. The molecule has 7 nitrogen and oxygen atoms in total. The highest BCUT2D eigenvalue weighted by Crippen LogP contribution is 2.32. The first-order valence-electron chi connectivity index (χ1n) is 11.0. The van der Waals surface area contributed by atoms with Gasteiger partial charge in [-0.1, -0.05) is 56.4 Å². The van der Waals surface area contributed by atoms with E-state index in [1.807, 2.05) is 12.1 Å². The molecule has 0 unspecified atom stereocenters. The molecular formula is C24H25FN2O5S2. The average molecular weight is 505 g/mol. The van der Waals surface area contributed by atoms with Crippen molar-refractivity contribution in [2.45, 2.75) is 43.6 Å². The molecule has 1 fully saturated rings. The summed E-state index contributed by atoms with van der Waals surface area (Å²) in [6, 6.07) is 9.73. The maximum absolute atomic E-state index is 14.1. The third-order valence-corrected chi connectivity index (χ3v) is 8.26. The Morgan fingerprint density at radius 3 is 2.56 bits per heavy atom. The number of hydrogen-bond donors (Lipinski definition) is 2. The summed E-state index contributed by atoms with van der Waals surface area (Å²) >= 11 is 1.19. The van der Waals surface area contributed by atoms with Gasteiger partial charge in [0.15, 0.2) is 5.03 Å². The molecule has 2 aromatic carbocycles. The van der Waals surface area contributed by atoms with E-state index in [4.69, 9.17) is 9.84 Å². The Hall–Kier alpha value is -2.98. The minimum Gasteiger partial charge on any atom is -0.495 e. The normalized spacial score (nSPS) is 14.6. The zero-order valence-corrected chi connectivity index (χ0v) is 20.2. The Morgan fingerprint density at radius 1 is 1.21 bits per heavy atom. The molecule has 1 aliphatic rings. The molecule has 34 heavy (non-hydrogen) atoms. The SMILES string of the molecule is COc1cc(C(=O)O)c(F)cc1NS(=O)(=O)c1csc(-c2ccc(CC3CCCCC3)cc2)n1. The number of aromatic nitrogens is 1. The van der Waals surface area contributed by atoms with Crippen molar-refractivity contribution in [1.29, 1.82) is 0 Å². The molecule has 4 rings (SSSR count). The van der Waals surface area contributed by atoms with Crippen molar-refractivity contribution in [2.75, 3.05) is 11.8 Å².